The summed E-state index contributed by atoms with van der Waals surface area (Å²) in [6, 6.07) is 13.4. The van der Waals surface area contributed by atoms with E-state index in [-0.39, 0.29) is 12.7 Å². The topological polar surface area (TPSA) is 103 Å². The SMILES string of the molecule is NC(=O)NC(Cc1ccccc1)C(=O)NCc1ccc2c(c1)OCO2. The standard InChI is InChI=1S/C18H19N3O4/c19-18(23)21-14(8-12-4-2-1-3-5-12)17(22)20-10-13-6-7-15-16(9-13)25-11-24-15/h1-7,9,14H,8,10-11H2,(H,20,22)(H3,19,21,23). The van der Waals surface area contributed by atoms with E-state index in [9.17, 15) is 9.59 Å². The van der Waals surface area contributed by atoms with E-state index in [0.717, 1.165) is 11.1 Å². The number of carbonyl (C=O) groups is 2. The number of amides is 3. The molecule has 0 aromatic heterocycles. The molecule has 2 aromatic carbocycles. The molecule has 0 spiro atoms. The third-order valence-electron chi connectivity index (χ3n) is 3.82. The lowest BCUT2D eigenvalue weighted by Crippen LogP contribution is -2.49. The van der Waals surface area contributed by atoms with Crippen LogP contribution in [0.3, 0.4) is 0 Å². The minimum atomic E-state index is -0.742. The maximum atomic E-state index is 12.5. The predicted molar refractivity (Wildman–Crippen MR) is 91.1 cm³/mol. The van der Waals surface area contributed by atoms with Crippen molar-refractivity contribution in [1.82, 2.24) is 10.6 Å². The quantitative estimate of drug-likeness (QED) is 0.737. The Balaban J connectivity index is 1.62. The van der Waals surface area contributed by atoms with Gasteiger partial charge in [-0.2, -0.15) is 0 Å². The second-order valence-electron chi connectivity index (χ2n) is 5.66. The van der Waals surface area contributed by atoms with Gasteiger partial charge in [0.15, 0.2) is 11.5 Å². The Bertz CT molecular complexity index is 764. The Kier molecular flexibility index (Phi) is 5.03. The molecule has 130 valence electrons. The van der Waals surface area contributed by atoms with E-state index in [1.165, 1.54) is 0 Å². The van der Waals surface area contributed by atoms with Crippen LogP contribution in [0.25, 0.3) is 0 Å². The van der Waals surface area contributed by atoms with E-state index >= 15 is 0 Å². The van der Waals surface area contributed by atoms with Gasteiger partial charge < -0.3 is 25.8 Å². The molecule has 1 aliphatic rings. The van der Waals surface area contributed by atoms with Crippen molar-refractivity contribution in [3.63, 3.8) is 0 Å². The van der Waals surface area contributed by atoms with Gasteiger partial charge in [-0.05, 0) is 23.3 Å². The molecule has 0 saturated heterocycles. The van der Waals surface area contributed by atoms with Gasteiger partial charge in [0.05, 0.1) is 0 Å². The molecule has 4 N–H and O–H groups in total. The molecule has 7 heteroatoms. The van der Waals surface area contributed by atoms with Gasteiger partial charge in [-0.15, -0.1) is 0 Å². The first kappa shape index (κ1) is 16.6. The fraction of sp³-hybridized carbons (Fsp3) is 0.222. The van der Waals surface area contributed by atoms with Crippen molar-refractivity contribution in [3.8, 4) is 11.5 Å². The molecular weight excluding hydrogens is 322 g/mol. The van der Waals surface area contributed by atoms with Gasteiger partial charge >= 0.3 is 6.03 Å². The van der Waals surface area contributed by atoms with E-state index in [1.54, 1.807) is 6.07 Å². The molecule has 0 bridgehead atoms. The van der Waals surface area contributed by atoms with Crippen molar-refractivity contribution in [1.29, 1.82) is 0 Å². The van der Waals surface area contributed by atoms with Gasteiger partial charge in [0.2, 0.25) is 12.7 Å². The molecule has 1 aliphatic heterocycles. The summed E-state index contributed by atoms with van der Waals surface area (Å²) >= 11 is 0. The average Bonchev–Trinajstić information content (AvgIpc) is 3.07. The van der Waals surface area contributed by atoms with Crippen LogP contribution in [0.2, 0.25) is 0 Å². The van der Waals surface area contributed by atoms with Gasteiger partial charge in [-0.1, -0.05) is 36.4 Å². The number of ether oxygens (including phenoxy) is 2. The highest BCUT2D eigenvalue weighted by atomic mass is 16.7. The highest BCUT2D eigenvalue weighted by Gasteiger charge is 2.20. The highest BCUT2D eigenvalue weighted by molar-refractivity contribution is 5.86. The lowest BCUT2D eigenvalue weighted by atomic mass is 10.1. The summed E-state index contributed by atoms with van der Waals surface area (Å²) in [5.41, 5.74) is 6.99. The lowest BCUT2D eigenvalue weighted by Gasteiger charge is -2.17. The second-order valence-corrected chi connectivity index (χ2v) is 5.66. The zero-order valence-corrected chi connectivity index (χ0v) is 13.5. The fourth-order valence-corrected chi connectivity index (χ4v) is 2.59. The maximum absolute atomic E-state index is 12.5. The van der Waals surface area contributed by atoms with Crippen molar-refractivity contribution in [2.45, 2.75) is 19.0 Å². The Morgan fingerprint density at radius 2 is 1.80 bits per heavy atom. The first-order valence-electron chi connectivity index (χ1n) is 7.88. The van der Waals surface area contributed by atoms with Crippen molar-refractivity contribution in [3.05, 3.63) is 59.7 Å². The number of nitrogens with two attached hydrogens (primary N) is 1. The van der Waals surface area contributed by atoms with Crippen molar-refractivity contribution < 1.29 is 19.1 Å². The zero-order valence-electron chi connectivity index (χ0n) is 13.5. The fourth-order valence-electron chi connectivity index (χ4n) is 2.59. The number of urea groups is 1. The van der Waals surface area contributed by atoms with Crippen LogP contribution in [0.1, 0.15) is 11.1 Å². The van der Waals surface area contributed by atoms with Crippen molar-refractivity contribution in [2.75, 3.05) is 6.79 Å². The molecule has 1 heterocycles. The number of fused-ring (bicyclic) bond motifs is 1. The van der Waals surface area contributed by atoms with Gasteiger partial charge in [0, 0.05) is 13.0 Å². The van der Waals surface area contributed by atoms with Gasteiger partial charge in [-0.3, -0.25) is 4.79 Å². The van der Waals surface area contributed by atoms with Crippen molar-refractivity contribution in [2.24, 2.45) is 5.73 Å². The number of hydrogen-bond acceptors (Lipinski definition) is 4. The molecule has 0 fully saturated rings. The molecule has 1 atom stereocenters. The number of hydrogen-bond donors (Lipinski definition) is 3. The van der Waals surface area contributed by atoms with Crippen LogP contribution in [0.5, 0.6) is 11.5 Å². The number of rotatable bonds is 6. The predicted octanol–water partition coefficient (Wildman–Crippen LogP) is 1.31. The van der Waals surface area contributed by atoms with E-state index in [2.05, 4.69) is 10.6 Å². The maximum Gasteiger partial charge on any atom is 0.312 e. The number of benzene rings is 2. The molecule has 2 aromatic rings. The van der Waals surface area contributed by atoms with E-state index in [1.807, 2.05) is 42.5 Å². The average molecular weight is 341 g/mol. The highest BCUT2D eigenvalue weighted by Crippen LogP contribution is 2.32. The Morgan fingerprint density at radius 1 is 1.04 bits per heavy atom. The molecule has 1 unspecified atom stereocenters. The number of nitrogens with one attached hydrogen (secondary N) is 2. The molecule has 0 aliphatic carbocycles. The first-order chi connectivity index (χ1) is 12.1. The van der Waals surface area contributed by atoms with Crippen molar-refractivity contribution >= 4 is 11.9 Å². The summed E-state index contributed by atoms with van der Waals surface area (Å²) in [5, 5.41) is 5.30. The monoisotopic (exact) mass is 341 g/mol. The summed E-state index contributed by atoms with van der Waals surface area (Å²) < 4.78 is 10.6. The van der Waals surface area contributed by atoms with Crippen LogP contribution in [-0.2, 0) is 17.8 Å². The minimum Gasteiger partial charge on any atom is -0.454 e. The van der Waals surface area contributed by atoms with E-state index in [0.29, 0.717) is 24.5 Å². The summed E-state index contributed by atoms with van der Waals surface area (Å²) in [5.74, 6) is 1.04. The molecule has 3 rings (SSSR count). The zero-order chi connectivity index (χ0) is 17.6. The molecule has 7 nitrogen and oxygen atoms in total. The van der Waals surface area contributed by atoms with Crippen LogP contribution in [0, 0.1) is 0 Å². The minimum absolute atomic E-state index is 0.201. The molecule has 3 amide bonds. The molecule has 25 heavy (non-hydrogen) atoms. The van der Waals surface area contributed by atoms with E-state index < -0.39 is 12.1 Å². The molecule has 0 saturated carbocycles. The Morgan fingerprint density at radius 3 is 2.56 bits per heavy atom. The third-order valence-corrected chi connectivity index (χ3v) is 3.82. The van der Waals surface area contributed by atoms with Crippen LogP contribution < -0.4 is 25.8 Å². The third kappa shape index (κ3) is 4.41. The van der Waals surface area contributed by atoms with Gasteiger partial charge in [0.1, 0.15) is 6.04 Å². The first-order valence-corrected chi connectivity index (χ1v) is 7.88. The lowest BCUT2D eigenvalue weighted by molar-refractivity contribution is -0.123. The van der Waals surface area contributed by atoms with E-state index in [4.69, 9.17) is 15.2 Å². The molecular formula is C18H19N3O4. The largest absolute Gasteiger partial charge is 0.454 e. The Labute approximate surface area is 145 Å². The number of primary amides is 1. The van der Waals surface area contributed by atoms with Gasteiger partial charge in [0.25, 0.3) is 0 Å². The molecule has 0 radical (unpaired) electrons. The Hall–Kier alpha value is -3.22. The summed E-state index contributed by atoms with van der Waals surface area (Å²) in [4.78, 5) is 23.7. The smallest absolute Gasteiger partial charge is 0.312 e. The summed E-state index contributed by atoms with van der Waals surface area (Å²) in [6.45, 7) is 0.508. The second kappa shape index (κ2) is 7.57. The van der Waals surface area contributed by atoms with Crippen LogP contribution in [0.15, 0.2) is 48.5 Å². The van der Waals surface area contributed by atoms with Gasteiger partial charge in [-0.25, -0.2) is 4.79 Å². The summed E-state index contributed by atoms with van der Waals surface area (Å²) in [7, 11) is 0. The van der Waals surface area contributed by atoms with Crippen LogP contribution >= 0.6 is 0 Å². The number of carbonyl (C=O) groups excluding carboxylic acids is 2. The normalized spacial score (nSPS) is 13.1. The van der Waals surface area contributed by atoms with Crippen LogP contribution in [0.4, 0.5) is 4.79 Å². The summed E-state index contributed by atoms with van der Waals surface area (Å²) in [6.07, 6.45) is 0.358. The van der Waals surface area contributed by atoms with Crippen LogP contribution in [-0.4, -0.2) is 24.8 Å².